The molecule has 1 N–H and O–H groups in total. The van der Waals surface area contributed by atoms with Crippen LogP contribution in [0, 0.1) is 13.8 Å². The van der Waals surface area contributed by atoms with E-state index >= 15 is 0 Å². The smallest absolute Gasteiger partial charge is 0.0320 e. The topological polar surface area (TPSA) is 12.0 Å². The second-order valence-corrected chi connectivity index (χ2v) is 7.35. The summed E-state index contributed by atoms with van der Waals surface area (Å²) in [4.78, 5) is 2.82. The van der Waals surface area contributed by atoms with E-state index in [0.717, 1.165) is 22.0 Å². The lowest BCUT2D eigenvalue weighted by atomic mass is 10.2. The van der Waals surface area contributed by atoms with Gasteiger partial charge in [0.2, 0.25) is 0 Å². The third kappa shape index (κ3) is 3.67. The zero-order valence-corrected chi connectivity index (χ0v) is 14.4. The summed E-state index contributed by atoms with van der Waals surface area (Å²) in [5.41, 5.74) is 2.68. The quantitative estimate of drug-likeness (QED) is 0.760. The number of hydrogen-bond donors (Lipinski definition) is 1. The van der Waals surface area contributed by atoms with Crippen molar-refractivity contribution in [3.05, 3.63) is 54.1 Å². The highest BCUT2D eigenvalue weighted by molar-refractivity contribution is 9.13. The Balaban J connectivity index is 1.90. The van der Waals surface area contributed by atoms with Gasteiger partial charge >= 0.3 is 0 Å². The van der Waals surface area contributed by atoms with Crippen molar-refractivity contribution in [3.8, 4) is 0 Å². The molecular weight excluding hydrogens is 374 g/mol. The predicted molar refractivity (Wildman–Crippen MR) is 86.2 cm³/mol. The summed E-state index contributed by atoms with van der Waals surface area (Å²) in [6, 6.07) is 8.61. The Morgan fingerprint density at radius 2 is 1.83 bits per heavy atom. The highest BCUT2D eigenvalue weighted by Gasteiger charge is 2.02. The average molecular weight is 389 g/mol. The minimum Gasteiger partial charge on any atom is -0.308 e. The van der Waals surface area contributed by atoms with Gasteiger partial charge in [-0.3, -0.25) is 0 Å². The molecule has 0 saturated heterocycles. The van der Waals surface area contributed by atoms with Gasteiger partial charge in [-0.2, -0.15) is 0 Å². The first-order chi connectivity index (χ1) is 8.56. The molecule has 1 aromatic heterocycles. The third-order valence-electron chi connectivity index (χ3n) is 2.83. The molecule has 0 aliphatic heterocycles. The van der Waals surface area contributed by atoms with Crippen molar-refractivity contribution < 1.29 is 0 Å². The van der Waals surface area contributed by atoms with Crippen molar-refractivity contribution in [2.75, 3.05) is 0 Å². The van der Waals surface area contributed by atoms with Crippen molar-refractivity contribution in [2.24, 2.45) is 0 Å². The van der Waals surface area contributed by atoms with E-state index in [4.69, 9.17) is 0 Å². The molecule has 96 valence electrons. The summed E-state index contributed by atoms with van der Waals surface area (Å²) in [6.45, 7) is 6.17. The van der Waals surface area contributed by atoms with Crippen LogP contribution in [0.25, 0.3) is 0 Å². The zero-order valence-electron chi connectivity index (χ0n) is 10.4. The van der Waals surface area contributed by atoms with Gasteiger partial charge in [-0.1, -0.05) is 6.07 Å². The van der Waals surface area contributed by atoms with E-state index in [1.54, 1.807) is 0 Å². The van der Waals surface area contributed by atoms with E-state index < -0.39 is 0 Å². The summed E-state index contributed by atoms with van der Waals surface area (Å²) >= 11 is 8.88. The maximum Gasteiger partial charge on any atom is 0.0320 e. The van der Waals surface area contributed by atoms with E-state index in [0.29, 0.717) is 0 Å². The molecule has 2 aromatic rings. The van der Waals surface area contributed by atoms with Crippen LogP contribution in [0.5, 0.6) is 0 Å². The highest BCUT2D eigenvalue weighted by Crippen LogP contribution is 2.24. The van der Waals surface area contributed by atoms with Gasteiger partial charge in [0.25, 0.3) is 0 Å². The largest absolute Gasteiger partial charge is 0.308 e. The average Bonchev–Trinajstić information content (AvgIpc) is 2.63. The number of hydrogen-bond acceptors (Lipinski definition) is 2. The molecular formula is C14H15Br2NS. The minimum absolute atomic E-state index is 0.891. The lowest BCUT2D eigenvalue weighted by Gasteiger charge is -2.05. The van der Waals surface area contributed by atoms with Crippen molar-refractivity contribution >= 4 is 43.2 Å². The molecule has 0 unspecified atom stereocenters. The summed E-state index contributed by atoms with van der Waals surface area (Å²) in [6.07, 6.45) is 0. The predicted octanol–water partition coefficient (Wildman–Crippen LogP) is 5.18. The maximum atomic E-state index is 3.52. The molecule has 0 spiro atoms. The van der Waals surface area contributed by atoms with Crippen molar-refractivity contribution in [2.45, 2.75) is 26.9 Å². The molecule has 0 amide bonds. The molecule has 1 heterocycles. The Bertz CT molecular complexity index is 529. The molecule has 18 heavy (non-hydrogen) atoms. The van der Waals surface area contributed by atoms with Gasteiger partial charge in [-0.05, 0) is 75.0 Å². The Labute approximate surface area is 129 Å². The Kier molecular flexibility index (Phi) is 5.01. The summed E-state index contributed by atoms with van der Waals surface area (Å²) < 4.78 is 2.19. The fraction of sp³-hybridized carbons (Fsp3) is 0.286. The van der Waals surface area contributed by atoms with Crippen molar-refractivity contribution in [3.63, 3.8) is 0 Å². The monoisotopic (exact) mass is 387 g/mol. The van der Waals surface area contributed by atoms with E-state index in [2.05, 4.69) is 75.3 Å². The van der Waals surface area contributed by atoms with Gasteiger partial charge in [0, 0.05) is 31.8 Å². The summed E-state index contributed by atoms with van der Waals surface area (Å²) in [7, 11) is 0. The van der Waals surface area contributed by atoms with Crippen LogP contribution in [0.15, 0.2) is 33.2 Å². The standard InChI is InChI=1S/C14H15Br2NS/c1-9-5-12(18-10(9)2)8-17-7-11-3-4-13(15)14(16)6-11/h3-6,17H,7-8H2,1-2H3. The van der Waals surface area contributed by atoms with Crippen LogP contribution in [0.3, 0.4) is 0 Å². The zero-order chi connectivity index (χ0) is 13.1. The van der Waals surface area contributed by atoms with Crippen LogP contribution in [0.4, 0.5) is 0 Å². The van der Waals surface area contributed by atoms with Gasteiger partial charge in [-0.15, -0.1) is 11.3 Å². The van der Waals surface area contributed by atoms with Crippen LogP contribution in [-0.2, 0) is 13.1 Å². The fourth-order valence-corrected chi connectivity index (χ4v) is 3.41. The minimum atomic E-state index is 0.891. The van der Waals surface area contributed by atoms with Crippen LogP contribution < -0.4 is 5.32 Å². The molecule has 0 radical (unpaired) electrons. The van der Waals surface area contributed by atoms with Gasteiger partial charge in [0.1, 0.15) is 0 Å². The lowest BCUT2D eigenvalue weighted by Crippen LogP contribution is -2.11. The van der Waals surface area contributed by atoms with E-state index in [1.165, 1.54) is 20.9 Å². The second-order valence-electron chi connectivity index (χ2n) is 4.30. The fourth-order valence-electron chi connectivity index (χ4n) is 1.72. The molecule has 0 fully saturated rings. The normalized spacial score (nSPS) is 10.9. The number of rotatable bonds is 4. The molecule has 1 aromatic carbocycles. The first-order valence-corrected chi connectivity index (χ1v) is 8.17. The number of benzene rings is 1. The Morgan fingerprint density at radius 1 is 1.06 bits per heavy atom. The first-order valence-electron chi connectivity index (χ1n) is 5.77. The SMILES string of the molecule is Cc1cc(CNCc2ccc(Br)c(Br)c2)sc1C. The Morgan fingerprint density at radius 3 is 2.44 bits per heavy atom. The number of aryl methyl sites for hydroxylation is 2. The summed E-state index contributed by atoms with van der Waals surface area (Å²) in [5.74, 6) is 0. The molecule has 1 nitrogen and oxygen atoms in total. The second kappa shape index (κ2) is 6.33. The number of thiophene rings is 1. The first kappa shape index (κ1) is 14.3. The number of halogens is 2. The van der Waals surface area contributed by atoms with Crippen LogP contribution in [-0.4, -0.2) is 0 Å². The molecule has 0 bridgehead atoms. The Hall–Kier alpha value is -0.160. The molecule has 0 atom stereocenters. The van der Waals surface area contributed by atoms with Crippen molar-refractivity contribution in [1.82, 2.24) is 5.32 Å². The van der Waals surface area contributed by atoms with Gasteiger partial charge < -0.3 is 5.32 Å². The van der Waals surface area contributed by atoms with Gasteiger partial charge in [0.05, 0.1) is 0 Å². The van der Waals surface area contributed by atoms with E-state index in [9.17, 15) is 0 Å². The van der Waals surface area contributed by atoms with Gasteiger partial charge in [0.15, 0.2) is 0 Å². The summed E-state index contributed by atoms with van der Waals surface area (Å²) in [5, 5.41) is 3.48. The van der Waals surface area contributed by atoms with Crippen LogP contribution in [0.2, 0.25) is 0 Å². The molecule has 2 rings (SSSR count). The molecule has 0 saturated carbocycles. The van der Waals surface area contributed by atoms with Crippen LogP contribution in [0.1, 0.15) is 20.9 Å². The molecule has 4 heteroatoms. The maximum absolute atomic E-state index is 3.52. The molecule has 0 aliphatic rings. The highest BCUT2D eigenvalue weighted by atomic mass is 79.9. The van der Waals surface area contributed by atoms with E-state index in [-0.39, 0.29) is 0 Å². The van der Waals surface area contributed by atoms with Crippen molar-refractivity contribution in [1.29, 1.82) is 0 Å². The van der Waals surface area contributed by atoms with E-state index in [1.807, 2.05) is 11.3 Å². The van der Waals surface area contributed by atoms with Crippen LogP contribution >= 0.6 is 43.2 Å². The molecule has 0 aliphatic carbocycles. The number of nitrogens with one attached hydrogen (secondary N) is 1. The third-order valence-corrected chi connectivity index (χ3v) is 5.86. The lowest BCUT2D eigenvalue weighted by molar-refractivity contribution is 0.700. The van der Waals surface area contributed by atoms with Gasteiger partial charge in [-0.25, -0.2) is 0 Å².